The summed E-state index contributed by atoms with van der Waals surface area (Å²) >= 11 is 1.53. The van der Waals surface area contributed by atoms with E-state index in [0.29, 0.717) is 11.6 Å². The molecule has 0 amide bonds. The lowest BCUT2D eigenvalue weighted by molar-refractivity contribution is 0.973. The minimum Gasteiger partial charge on any atom is -0.264 e. The van der Waals surface area contributed by atoms with Crippen molar-refractivity contribution in [3.63, 3.8) is 0 Å². The zero-order chi connectivity index (χ0) is 18.9. The van der Waals surface area contributed by atoms with E-state index in [1.807, 2.05) is 42.5 Å². The minimum atomic E-state index is 0.169. The molecule has 0 bridgehead atoms. The second-order valence-electron chi connectivity index (χ2n) is 5.94. The molecule has 0 radical (unpaired) electrons. The van der Waals surface area contributed by atoms with Crippen molar-refractivity contribution in [2.75, 3.05) is 0 Å². The van der Waals surface area contributed by atoms with Gasteiger partial charge >= 0.3 is 0 Å². The maximum Gasteiger partial charge on any atom is 0.240 e. The molecule has 7 nitrogen and oxygen atoms in total. The van der Waals surface area contributed by atoms with Crippen LogP contribution in [0.5, 0.6) is 0 Å². The molecule has 0 unspecified atom stereocenters. The molecule has 0 aliphatic carbocycles. The largest absolute Gasteiger partial charge is 0.264 e. The summed E-state index contributed by atoms with van der Waals surface area (Å²) < 4.78 is 1.60. The van der Waals surface area contributed by atoms with Gasteiger partial charge in [0.25, 0.3) is 0 Å². The number of rotatable bonds is 3. The number of aromatic nitrogens is 6. The van der Waals surface area contributed by atoms with E-state index in [1.54, 1.807) is 17.0 Å². The standard InChI is InChI=1S/C20H11N7S/c21-9-16-26-23-12-27(16)19-17-15(13-5-2-1-3-6-13)11-28-20(17)25-18(24-19)14-7-4-8-22-10-14/h1-8,10-12H. The van der Waals surface area contributed by atoms with Gasteiger partial charge in [-0.3, -0.25) is 9.55 Å². The van der Waals surface area contributed by atoms with Crippen molar-refractivity contribution >= 4 is 21.6 Å². The zero-order valence-electron chi connectivity index (χ0n) is 14.4. The third-order valence-corrected chi connectivity index (χ3v) is 5.17. The molecule has 8 heteroatoms. The van der Waals surface area contributed by atoms with Gasteiger partial charge in [0, 0.05) is 28.9 Å². The van der Waals surface area contributed by atoms with Crippen LogP contribution in [-0.2, 0) is 0 Å². The first kappa shape index (κ1) is 16.2. The Kier molecular flexibility index (Phi) is 3.85. The van der Waals surface area contributed by atoms with Crippen LogP contribution in [0.15, 0.2) is 66.6 Å². The summed E-state index contributed by atoms with van der Waals surface area (Å²) in [5.74, 6) is 1.28. The van der Waals surface area contributed by atoms with Crippen molar-refractivity contribution in [3.8, 4) is 34.4 Å². The Morgan fingerprint density at radius 1 is 1.00 bits per heavy atom. The van der Waals surface area contributed by atoms with E-state index in [4.69, 9.17) is 9.97 Å². The highest BCUT2D eigenvalue weighted by molar-refractivity contribution is 7.17. The number of nitrogens with zero attached hydrogens (tertiary/aromatic N) is 7. The second kappa shape index (κ2) is 6.64. The molecule has 28 heavy (non-hydrogen) atoms. The SMILES string of the molecule is N#Cc1nncn1-c1nc(-c2cccnc2)nc2scc(-c3ccccc3)c12. The Morgan fingerprint density at radius 2 is 1.86 bits per heavy atom. The molecular weight excluding hydrogens is 370 g/mol. The molecule has 0 atom stereocenters. The smallest absolute Gasteiger partial charge is 0.240 e. The van der Waals surface area contributed by atoms with E-state index < -0.39 is 0 Å². The molecule has 5 aromatic rings. The van der Waals surface area contributed by atoms with Crippen LogP contribution in [0.2, 0.25) is 0 Å². The fourth-order valence-corrected chi connectivity index (χ4v) is 3.96. The summed E-state index contributed by atoms with van der Waals surface area (Å²) in [6.07, 6.45) is 4.92. The molecule has 0 N–H and O–H groups in total. The van der Waals surface area contributed by atoms with E-state index in [9.17, 15) is 5.26 Å². The van der Waals surface area contributed by atoms with Gasteiger partial charge in [0.1, 0.15) is 17.2 Å². The maximum atomic E-state index is 9.44. The molecule has 0 aliphatic rings. The van der Waals surface area contributed by atoms with Gasteiger partial charge in [-0.15, -0.1) is 21.5 Å². The minimum absolute atomic E-state index is 0.169. The monoisotopic (exact) mass is 381 g/mol. The summed E-state index contributed by atoms with van der Waals surface area (Å²) in [4.78, 5) is 14.5. The predicted molar refractivity (Wildman–Crippen MR) is 106 cm³/mol. The Hall–Kier alpha value is -3.96. The molecule has 1 aromatic carbocycles. The van der Waals surface area contributed by atoms with E-state index in [-0.39, 0.29) is 5.82 Å². The first-order valence-corrected chi connectivity index (χ1v) is 9.28. The van der Waals surface area contributed by atoms with Crippen LogP contribution < -0.4 is 0 Å². The highest BCUT2D eigenvalue weighted by atomic mass is 32.1. The van der Waals surface area contributed by atoms with Gasteiger partial charge in [-0.2, -0.15) is 5.26 Å². The highest BCUT2D eigenvalue weighted by Gasteiger charge is 2.19. The van der Waals surface area contributed by atoms with Crippen molar-refractivity contribution < 1.29 is 0 Å². The average Bonchev–Trinajstić information content (AvgIpc) is 3.41. The molecule has 4 aromatic heterocycles. The lowest BCUT2D eigenvalue weighted by atomic mass is 10.1. The summed E-state index contributed by atoms with van der Waals surface area (Å²) in [6.45, 7) is 0. The molecule has 4 heterocycles. The summed E-state index contributed by atoms with van der Waals surface area (Å²) in [5, 5.41) is 20.1. The summed E-state index contributed by atoms with van der Waals surface area (Å²) in [7, 11) is 0. The van der Waals surface area contributed by atoms with Crippen LogP contribution in [0.3, 0.4) is 0 Å². The molecule has 0 aliphatic heterocycles. The Balaban J connectivity index is 1.85. The van der Waals surface area contributed by atoms with Crippen molar-refractivity contribution in [3.05, 3.63) is 72.4 Å². The average molecular weight is 381 g/mol. The van der Waals surface area contributed by atoms with Gasteiger partial charge in [-0.1, -0.05) is 30.3 Å². The molecule has 0 fully saturated rings. The fraction of sp³-hybridized carbons (Fsp3) is 0. The van der Waals surface area contributed by atoms with E-state index in [1.165, 1.54) is 17.7 Å². The van der Waals surface area contributed by atoms with Crippen molar-refractivity contribution in [2.24, 2.45) is 0 Å². The van der Waals surface area contributed by atoms with E-state index in [2.05, 4.69) is 26.6 Å². The van der Waals surface area contributed by atoms with Gasteiger partial charge in [-0.25, -0.2) is 9.97 Å². The van der Waals surface area contributed by atoms with Crippen molar-refractivity contribution in [1.82, 2.24) is 29.7 Å². The molecule has 0 spiro atoms. The summed E-state index contributed by atoms with van der Waals surface area (Å²) in [5.41, 5.74) is 2.86. The second-order valence-corrected chi connectivity index (χ2v) is 6.80. The molecule has 0 saturated heterocycles. The molecule has 0 saturated carbocycles. The third kappa shape index (κ3) is 2.62. The Bertz CT molecular complexity index is 1320. The van der Waals surface area contributed by atoms with Crippen LogP contribution in [0.25, 0.3) is 38.5 Å². The van der Waals surface area contributed by atoms with Crippen molar-refractivity contribution in [2.45, 2.75) is 0 Å². The van der Waals surface area contributed by atoms with Gasteiger partial charge in [0.05, 0.1) is 5.39 Å². The number of pyridine rings is 1. The topological polar surface area (TPSA) is 93.2 Å². The van der Waals surface area contributed by atoms with Gasteiger partial charge < -0.3 is 0 Å². The van der Waals surface area contributed by atoms with Gasteiger partial charge in [0.2, 0.25) is 5.82 Å². The van der Waals surface area contributed by atoms with Crippen molar-refractivity contribution in [1.29, 1.82) is 5.26 Å². The first-order chi connectivity index (χ1) is 13.8. The van der Waals surface area contributed by atoms with E-state index in [0.717, 1.165) is 26.9 Å². The third-order valence-electron chi connectivity index (χ3n) is 4.29. The molecule has 132 valence electrons. The van der Waals surface area contributed by atoms with Crippen LogP contribution in [0, 0.1) is 11.3 Å². The number of thiophene rings is 1. The number of hydrogen-bond acceptors (Lipinski definition) is 7. The fourth-order valence-electron chi connectivity index (χ4n) is 3.02. The lowest BCUT2D eigenvalue weighted by Crippen LogP contribution is -2.03. The van der Waals surface area contributed by atoms with Crippen LogP contribution in [-0.4, -0.2) is 29.7 Å². The quantitative estimate of drug-likeness (QED) is 0.471. The predicted octanol–water partition coefficient (Wildman–Crippen LogP) is 3.87. The van der Waals surface area contributed by atoms with E-state index >= 15 is 0 Å². The number of fused-ring (bicyclic) bond motifs is 1. The van der Waals surface area contributed by atoms with Crippen LogP contribution >= 0.6 is 11.3 Å². The zero-order valence-corrected chi connectivity index (χ0v) is 15.2. The molecule has 5 rings (SSSR count). The number of hydrogen-bond donors (Lipinski definition) is 0. The first-order valence-electron chi connectivity index (χ1n) is 8.40. The summed E-state index contributed by atoms with van der Waals surface area (Å²) in [6, 6.07) is 15.8. The van der Waals surface area contributed by atoms with Gasteiger partial charge in [0.15, 0.2) is 11.6 Å². The maximum absolute atomic E-state index is 9.44. The normalized spacial score (nSPS) is 10.8. The Morgan fingerprint density at radius 3 is 2.64 bits per heavy atom. The Labute approximate surface area is 163 Å². The van der Waals surface area contributed by atoms with Crippen LogP contribution in [0.4, 0.5) is 0 Å². The molecular formula is C20H11N7S. The number of benzene rings is 1. The van der Waals surface area contributed by atoms with Crippen LogP contribution in [0.1, 0.15) is 5.82 Å². The van der Waals surface area contributed by atoms with Gasteiger partial charge in [-0.05, 0) is 17.7 Å². The lowest BCUT2D eigenvalue weighted by Gasteiger charge is -2.09. The number of nitriles is 1. The highest BCUT2D eigenvalue weighted by Crippen LogP contribution is 2.37.